The molecule has 2 aromatic rings. The summed E-state index contributed by atoms with van der Waals surface area (Å²) in [6, 6.07) is 3.96. The van der Waals surface area contributed by atoms with E-state index < -0.39 is 11.9 Å². The van der Waals surface area contributed by atoms with Gasteiger partial charge in [-0.2, -0.15) is 0 Å². The number of nitrogens with zero attached hydrogens (tertiary/aromatic N) is 2. The van der Waals surface area contributed by atoms with E-state index in [1.807, 2.05) is 22.9 Å². The maximum Gasteiger partial charge on any atom is 0.308 e. The average Bonchev–Trinajstić information content (AvgIpc) is 3.08. The minimum atomic E-state index is -0.900. The predicted octanol–water partition coefficient (Wildman–Crippen LogP) is 2.59. The van der Waals surface area contributed by atoms with Crippen molar-refractivity contribution in [2.24, 2.45) is 5.92 Å². The number of aromatic nitrogens is 1. The summed E-state index contributed by atoms with van der Waals surface area (Å²) in [6.07, 6.45) is 0.199. The third-order valence-corrected chi connectivity index (χ3v) is 4.94. The van der Waals surface area contributed by atoms with Gasteiger partial charge in [0.25, 0.3) is 0 Å². The number of carboxylic acid groups (broad SMARTS) is 1. The zero-order valence-electron chi connectivity index (χ0n) is 11.8. The third-order valence-electron chi connectivity index (χ3n) is 3.01. The monoisotopic (exact) mass is 324 g/mol. The Labute approximate surface area is 130 Å². The molecule has 112 valence electrons. The van der Waals surface area contributed by atoms with Gasteiger partial charge in [0.1, 0.15) is 5.01 Å². The fraction of sp³-hybridized carbons (Fsp3) is 0.357. The molecule has 0 aliphatic rings. The molecular weight excluding hydrogens is 308 g/mol. The van der Waals surface area contributed by atoms with E-state index in [0.29, 0.717) is 0 Å². The number of thiophene rings is 1. The lowest BCUT2D eigenvalue weighted by molar-refractivity contribution is -0.142. The maximum atomic E-state index is 12.1. The Morgan fingerprint density at radius 2 is 2.19 bits per heavy atom. The standard InChI is InChI=1S/C14H16N2O3S2/c1-9(14(18)19)7-16(2)12(17)6-10-8-21-13(15-10)11-4-3-5-20-11/h3-5,8-9H,6-7H2,1-2H3,(H,18,19). The lowest BCUT2D eigenvalue weighted by atomic mass is 10.1. The maximum absolute atomic E-state index is 12.1. The van der Waals surface area contributed by atoms with Gasteiger partial charge in [-0.3, -0.25) is 9.59 Å². The third kappa shape index (κ3) is 4.12. The molecule has 0 aliphatic heterocycles. The molecule has 0 aliphatic carbocycles. The van der Waals surface area contributed by atoms with Crippen LogP contribution in [0.4, 0.5) is 0 Å². The lowest BCUT2D eigenvalue weighted by Crippen LogP contribution is -2.34. The van der Waals surface area contributed by atoms with Gasteiger partial charge in [-0.15, -0.1) is 22.7 Å². The minimum absolute atomic E-state index is 0.119. The molecule has 5 nitrogen and oxygen atoms in total. The van der Waals surface area contributed by atoms with Gasteiger partial charge in [0.2, 0.25) is 5.91 Å². The molecule has 1 unspecified atom stereocenters. The average molecular weight is 324 g/mol. The van der Waals surface area contributed by atoms with E-state index in [0.717, 1.165) is 15.6 Å². The van der Waals surface area contributed by atoms with Crippen LogP contribution in [0.25, 0.3) is 9.88 Å². The number of thiazole rings is 1. The van der Waals surface area contributed by atoms with Gasteiger partial charge in [0.05, 0.1) is 22.9 Å². The molecule has 7 heteroatoms. The summed E-state index contributed by atoms with van der Waals surface area (Å²) in [7, 11) is 1.62. The number of amides is 1. The number of carbonyl (C=O) groups excluding carboxylic acids is 1. The van der Waals surface area contributed by atoms with E-state index >= 15 is 0 Å². The number of aliphatic carboxylic acids is 1. The molecule has 21 heavy (non-hydrogen) atoms. The van der Waals surface area contributed by atoms with Crippen molar-refractivity contribution in [3.05, 3.63) is 28.6 Å². The highest BCUT2D eigenvalue weighted by molar-refractivity contribution is 7.20. The first-order valence-corrected chi connectivity index (χ1v) is 8.18. The normalized spacial score (nSPS) is 12.1. The first-order valence-electron chi connectivity index (χ1n) is 6.42. The van der Waals surface area contributed by atoms with Gasteiger partial charge in [0, 0.05) is 19.0 Å². The van der Waals surface area contributed by atoms with Crippen LogP contribution in [0.5, 0.6) is 0 Å². The molecule has 1 atom stereocenters. The van der Waals surface area contributed by atoms with Crippen LogP contribution in [-0.4, -0.2) is 40.5 Å². The van der Waals surface area contributed by atoms with Gasteiger partial charge in [0.15, 0.2) is 0 Å². The largest absolute Gasteiger partial charge is 0.481 e. The van der Waals surface area contributed by atoms with E-state index in [2.05, 4.69) is 4.98 Å². The Hall–Kier alpha value is -1.73. The number of rotatable bonds is 6. The fourth-order valence-corrected chi connectivity index (χ4v) is 3.42. The second-order valence-corrected chi connectivity index (χ2v) is 6.62. The summed E-state index contributed by atoms with van der Waals surface area (Å²) in [6.45, 7) is 1.79. The summed E-state index contributed by atoms with van der Waals surface area (Å²) in [5.74, 6) is -1.59. The van der Waals surface area contributed by atoms with E-state index in [9.17, 15) is 9.59 Å². The smallest absolute Gasteiger partial charge is 0.308 e. The van der Waals surface area contributed by atoms with Crippen LogP contribution in [-0.2, 0) is 16.0 Å². The summed E-state index contributed by atoms with van der Waals surface area (Å²) >= 11 is 3.13. The van der Waals surface area contributed by atoms with Crippen molar-refractivity contribution in [1.29, 1.82) is 0 Å². The molecular formula is C14H16N2O3S2. The Morgan fingerprint density at radius 3 is 2.81 bits per heavy atom. The van der Waals surface area contributed by atoms with E-state index in [1.165, 1.54) is 16.2 Å². The van der Waals surface area contributed by atoms with Crippen LogP contribution in [0.3, 0.4) is 0 Å². The second-order valence-electron chi connectivity index (χ2n) is 4.81. The molecule has 0 saturated carbocycles. The number of likely N-dealkylation sites (N-methyl/N-ethyl adjacent to an activating group) is 1. The van der Waals surface area contributed by atoms with Crippen LogP contribution in [0.15, 0.2) is 22.9 Å². The Bertz CT molecular complexity index is 622. The molecule has 0 bridgehead atoms. The van der Waals surface area contributed by atoms with Crippen LogP contribution < -0.4 is 0 Å². The van der Waals surface area contributed by atoms with E-state index in [4.69, 9.17) is 5.11 Å². The van der Waals surface area contributed by atoms with Gasteiger partial charge in [-0.25, -0.2) is 4.98 Å². The summed E-state index contributed by atoms with van der Waals surface area (Å²) in [5.41, 5.74) is 0.725. The van der Waals surface area contributed by atoms with Crippen molar-refractivity contribution in [2.45, 2.75) is 13.3 Å². The number of hydrogen-bond donors (Lipinski definition) is 1. The molecule has 0 radical (unpaired) electrons. The summed E-state index contributed by atoms with van der Waals surface area (Å²) in [5, 5.41) is 13.6. The van der Waals surface area contributed by atoms with Gasteiger partial charge in [-0.1, -0.05) is 13.0 Å². The van der Waals surface area contributed by atoms with Crippen molar-refractivity contribution >= 4 is 34.6 Å². The molecule has 2 aromatic heterocycles. The Kier molecular flexibility index (Phi) is 5.08. The quantitative estimate of drug-likeness (QED) is 0.886. The number of carbonyl (C=O) groups is 2. The SMILES string of the molecule is CC(CN(C)C(=O)Cc1csc(-c2cccs2)n1)C(=O)O. The van der Waals surface area contributed by atoms with Gasteiger partial charge >= 0.3 is 5.97 Å². The zero-order chi connectivity index (χ0) is 15.4. The Balaban J connectivity index is 1.95. The van der Waals surface area contributed by atoms with Crippen molar-refractivity contribution < 1.29 is 14.7 Å². The highest BCUT2D eigenvalue weighted by Crippen LogP contribution is 2.27. The summed E-state index contributed by atoms with van der Waals surface area (Å²) in [4.78, 5) is 29.9. The molecule has 0 aromatic carbocycles. The number of hydrogen-bond acceptors (Lipinski definition) is 5. The molecule has 2 rings (SSSR count). The van der Waals surface area contributed by atoms with Gasteiger partial charge in [-0.05, 0) is 11.4 Å². The molecule has 2 heterocycles. The molecule has 0 fully saturated rings. The predicted molar refractivity (Wildman–Crippen MR) is 83.6 cm³/mol. The molecule has 0 spiro atoms. The minimum Gasteiger partial charge on any atom is -0.481 e. The van der Waals surface area contributed by atoms with Gasteiger partial charge < -0.3 is 10.0 Å². The molecule has 0 saturated heterocycles. The van der Waals surface area contributed by atoms with Crippen molar-refractivity contribution in [3.63, 3.8) is 0 Å². The van der Waals surface area contributed by atoms with Crippen LogP contribution >= 0.6 is 22.7 Å². The van der Waals surface area contributed by atoms with Crippen LogP contribution in [0.1, 0.15) is 12.6 Å². The highest BCUT2D eigenvalue weighted by atomic mass is 32.1. The van der Waals surface area contributed by atoms with Crippen LogP contribution in [0.2, 0.25) is 0 Å². The fourth-order valence-electron chi connectivity index (χ4n) is 1.78. The zero-order valence-corrected chi connectivity index (χ0v) is 13.4. The lowest BCUT2D eigenvalue weighted by Gasteiger charge is -2.18. The first-order chi connectivity index (χ1) is 9.97. The second kappa shape index (κ2) is 6.82. The van der Waals surface area contributed by atoms with Crippen molar-refractivity contribution in [3.8, 4) is 9.88 Å². The highest BCUT2D eigenvalue weighted by Gasteiger charge is 2.18. The topological polar surface area (TPSA) is 70.5 Å². The molecule has 1 N–H and O–H groups in total. The number of carboxylic acids is 1. The van der Waals surface area contributed by atoms with E-state index in [-0.39, 0.29) is 18.9 Å². The van der Waals surface area contributed by atoms with Crippen LogP contribution in [0, 0.1) is 5.92 Å². The molecule has 1 amide bonds. The van der Waals surface area contributed by atoms with E-state index in [1.54, 1.807) is 25.3 Å². The summed E-state index contributed by atoms with van der Waals surface area (Å²) < 4.78 is 0. The first kappa shape index (κ1) is 15.7. The Morgan fingerprint density at radius 1 is 1.43 bits per heavy atom. The van der Waals surface area contributed by atoms with Crippen molar-refractivity contribution in [2.75, 3.05) is 13.6 Å². The van der Waals surface area contributed by atoms with Crippen molar-refractivity contribution in [1.82, 2.24) is 9.88 Å².